The molecule has 1 unspecified atom stereocenters. The van der Waals surface area contributed by atoms with Gasteiger partial charge in [-0.25, -0.2) is 0 Å². The molecule has 0 bridgehead atoms. The topological polar surface area (TPSA) is 67.6 Å². The standard InChI is InChI=1S/C12H25N3O2/c1-4-14-12(2,11(13)16)9-15(7-8-17-3)10-5-6-10/h10,14H,4-9H2,1-3H3,(H2,13,16). The fraction of sp³-hybridized carbons (Fsp3) is 0.917. The van der Waals surface area contributed by atoms with Crippen LogP contribution in [0.4, 0.5) is 0 Å². The highest BCUT2D eigenvalue weighted by Crippen LogP contribution is 2.27. The van der Waals surface area contributed by atoms with Gasteiger partial charge in [-0.05, 0) is 26.3 Å². The SMILES string of the molecule is CCNC(C)(CN(CCOC)C1CC1)C(N)=O. The number of nitrogens with two attached hydrogens (primary N) is 1. The molecular formula is C12H25N3O2. The van der Waals surface area contributed by atoms with E-state index in [1.54, 1.807) is 7.11 Å². The third-order valence-corrected chi connectivity index (χ3v) is 3.28. The molecule has 1 aliphatic carbocycles. The van der Waals surface area contributed by atoms with Crippen LogP contribution in [0.1, 0.15) is 26.7 Å². The summed E-state index contributed by atoms with van der Waals surface area (Å²) < 4.78 is 5.11. The fourth-order valence-corrected chi connectivity index (χ4v) is 2.06. The number of likely N-dealkylation sites (N-methyl/N-ethyl adjacent to an activating group) is 1. The third-order valence-electron chi connectivity index (χ3n) is 3.28. The highest BCUT2D eigenvalue weighted by atomic mass is 16.5. The lowest BCUT2D eigenvalue weighted by atomic mass is 10.0. The summed E-state index contributed by atoms with van der Waals surface area (Å²) in [5, 5.41) is 3.19. The van der Waals surface area contributed by atoms with E-state index in [9.17, 15) is 4.79 Å². The number of primary amides is 1. The Morgan fingerprint density at radius 2 is 2.24 bits per heavy atom. The monoisotopic (exact) mass is 243 g/mol. The second-order valence-electron chi connectivity index (χ2n) is 4.92. The number of carbonyl (C=O) groups excluding carboxylic acids is 1. The van der Waals surface area contributed by atoms with Crippen LogP contribution in [0.3, 0.4) is 0 Å². The first-order valence-corrected chi connectivity index (χ1v) is 6.31. The van der Waals surface area contributed by atoms with E-state index in [-0.39, 0.29) is 5.91 Å². The number of rotatable bonds is 9. The minimum Gasteiger partial charge on any atom is -0.383 e. The van der Waals surface area contributed by atoms with Gasteiger partial charge in [0.1, 0.15) is 5.54 Å². The van der Waals surface area contributed by atoms with Crippen LogP contribution in [0.15, 0.2) is 0 Å². The second-order valence-corrected chi connectivity index (χ2v) is 4.92. The molecule has 0 aliphatic heterocycles. The summed E-state index contributed by atoms with van der Waals surface area (Å²) in [6.45, 7) is 6.80. The molecule has 0 aromatic heterocycles. The van der Waals surface area contributed by atoms with Gasteiger partial charge in [-0.15, -0.1) is 0 Å². The molecule has 1 fully saturated rings. The number of ether oxygens (including phenoxy) is 1. The maximum atomic E-state index is 11.6. The maximum absolute atomic E-state index is 11.6. The molecular weight excluding hydrogens is 218 g/mol. The molecule has 3 N–H and O–H groups in total. The molecule has 0 saturated heterocycles. The van der Waals surface area contributed by atoms with Crippen molar-refractivity contribution < 1.29 is 9.53 Å². The number of amides is 1. The number of nitrogens with one attached hydrogen (secondary N) is 1. The van der Waals surface area contributed by atoms with Gasteiger partial charge < -0.3 is 15.8 Å². The molecule has 17 heavy (non-hydrogen) atoms. The van der Waals surface area contributed by atoms with Crippen molar-refractivity contribution in [1.29, 1.82) is 0 Å². The molecule has 0 heterocycles. The Morgan fingerprint density at radius 1 is 1.59 bits per heavy atom. The summed E-state index contributed by atoms with van der Waals surface area (Å²) in [6.07, 6.45) is 2.43. The van der Waals surface area contributed by atoms with Gasteiger partial charge in [-0.1, -0.05) is 6.92 Å². The molecule has 0 aromatic rings. The molecule has 0 radical (unpaired) electrons. The lowest BCUT2D eigenvalue weighted by molar-refractivity contribution is -0.124. The van der Waals surface area contributed by atoms with Crippen molar-refractivity contribution in [2.24, 2.45) is 5.73 Å². The Hall–Kier alpha value is -0.650. The van der Waals surface area contributed by atoms with Crippen LogP contribution in [0.2, 0.25) is 0 Å². The first-order valence-electron chi connectivity index (χ1n) is 6.31. The minimum atomic E-state index is -0.648. The van der Waals surface area contributed by atoms with Gasteiger partial charge in [0.25, 0.3) is 0 Å². The average Bonchev–Trinajstić information content (AvgIpc) is 3.08. The minimum absolute atomic E-state index is 0.289. The number of hydrogen-bond acceptors (Lipinski definition) is 4. The Morgan fingerprint density at radius 3 is 2.65 bits per heavy atom. The van der Waals surface area contributed by atoms with E-state index in [0.717, 1.165) is 13.1 Å². The summed E-state index contributed by atoms with van der Waals surface area (Å²) >= 11 is 0. The van der Waals surface area contributed by atoms with Crippen molar-refractivity contribution in [3.8, 4) is 0 Å². The van der Waals surface area contributed by atoms with Gasteiger partial charge in [-0.3, -0.25) is 9.69 Å². The summed E-state index contributed by atoms with van der Waals surface area (Å²) in [6, 6.07) is 0.600. The zero-order valence-electron chi connectivity index (χ0n) is 11.2. The molecule has 1 atom stereocenters. The first-order chi connectivity index (χ1) is 8.03. The Balaban J connectivity index is 2.58. The molecule has 5 heteroatoms. The summed E-state index contributed by atoms with van der Waals surface area (Å²) in [7, 11) is 1.70. The van der Waals surface area contributed by atoms with Gasteiger partial charge in [0.05, 0.1) is 6.61 Å². The summed E-state index contributed by atoms with van der Waals surface area (Å²) in [5.41, 5.74) is 4.85. The summed E-state index contributed by atoms with van der Waals surface area (Å²) in [4.78, 5) is 13.9. The molecule has 0 aromatic carbocycles. The van der Waals surface area contributed by atoms with Crippen molar-refractivity contribution in [2.75, 3.05) is 33.4 Å². The zero-order valence-corrected chi connectivity index (χ0v) is 11.2. The van der Waals surface area contributed by atoms with Crippen LogP contribution in [0.25, 0.3) is 0 Å². The predicted molar refractivity (Wildman–Crippen MR) is 67.7 cm³/mol. The van der Waals surface area contributed by atoms with E-state index in [1.807, 2.05) is 13.8 Å². The lowest BCUT2D eigenvalue weighted by Gasteiger charge is -2.33. The van der Waals surface area contributed by atoms with Crippen molar-refractivity contribution >= 4 is 5.91 Å². The highest BCUT2D eigenvalue weighted by molar-refractivity contribution is 5.84. The van der Waals surface area contributed by atoms with E-state index < -0.39 is 5.54 Å². The van der Waals surface area contributed by atoms with Crippen LogP contribution < -0.4 is 11.1 Å². The van der Waals surface area contributed by atoms with Crippen molar-refractivity contribution in [2.45, 2.75) is 38.3 Å². The Labute approximate surface area is 104 Å². The van der Waals surface area contributed by atoms with E-state index >= 15 is 0 Å². The molecule has 1 saturated carbocycles. The van der Waals surface area contributed by atoms with E-state index in [0.29, 0.717) is 19.2 Å². The van der Waals surface area contributed by atoms with Crippen molar-refractivity contribution in [3.63, 3.8) is 0 Å². The first kappa shape index (κ1) is 14.4. The van der Waals surface area contributed by atoms with E-state index in [2.05, 4.69) is 10.2 Å². The van der Waals surface area contributed by atoms with Crippen molar-refractivity contribution in [3.05, 3.63) is 0 Å². The smallest absolute Gasteiger partial charge is 0.238 e. The molecule has 1 rings (SSSR count). The van der Waals surface area contributed by atoms with E-state index in [1.165, 1.54) is 12.8 Å². The molecule has 1 aliphatic rings. The third kappa shape index (κ3) is 4.26. The normalized spacial score (nSPS) is 19.3. The largest absolute Gasteiger partial charge is 0.383 e. The van der Waals surface area contributed by atoms with Crippen LogP contribution in [0.5, 0.6) is 0 Å². The van der Waals surface area contributed by atoms with Gasteiger partial charge in [0.2, 0.25) is 5.91 Å². The quantitative estimate of drug-likeness (QED) is 0.596. The number of nitrogens with zero attached hydrogens (tertiary/aromatic N) is 1. The number of hydrogen-bond donors (Lipinski definition) is 2. The van der Waals surface area contributed by atoms with Gasteiger partial charge >= 0.3 is 0 Å². The predicted octanol–water partition coefficient (Wildman–Crippen LogP) is -0.0493. The fourth-order valence-electron chi connectivity index (χ4n) is 2.06. The van der Waals surface area contributed by atoms with Crippen molar-refractivity contribution in [1.82, 2.24) is 10.2 Å². The van der Waals surface area contributed by atoms with Gasteiger partial charge in [0, 0.05) is 26.2 Å². The highest BCUT2D eigenvalue weighted by Gasteiger charge is 2.37. The van der Waals surface area contributed by atoms with Crippen LogP contribution >= 0.6 is 0 Å². The number of methoxy groups -OCH3 is 1. The van der Waals surface area contributed by atoms with Crippen LogP contribution in [0, 0.1) is 0 Å². The maximum Gasteiger partial charge on any atom is 0.238 e. The van der Waals surface area contributed by atoms with Gasteiger partial charge in [0.15, 0.2) is 0 Å². The molecule has 0 spiro atoms. The Bertz CT molecular complexity index is 256. The second kappa shape index (κ2) is 6.33. The number of carbonyl (C=O) groups is 1. The Kier molecular flexibility index (Phi) is 5.36. The zero-order chi connectivity index (χ0) is 12.9. The summed E-state index contributed by atoms with van der Waals surface area (Å²) in [5.74, 6) is -0.289. The molecule has 100 valence electrons. The molecule has 5 nitrogen and oxygen atoms in total. The van der Waals surface area contributed by atoms with Crippen LogP contribution in [-0.2, 0) is 9.53 Å². The van der Waals surface area contributed by atoms with E-state index in [4.69, 9.17) is 10.5 Å². The van der Waals surface area contributed by atoms with Gasteiger partial charge in [-0.2, -0.15) is 0 Å². The van der Waals surface area contributed by atoms with Crippen LogP contribution in [-0.4, -0.2) is 55.7 Å². The lowest BCUT2D eigenvalue weighted by Crippen LogP contribution is -2.60. The molecule has 1 amide bonds. The average molecular weight is 243 g/mol.